The Morgan fingerprint density at radius 3 is 2.36 bits per heavy atom. The van der Waals surface area contributed by atoms with Gasteiger partial charge in [-0.1, -0.05) is 12.1 Å². The molecule has 6 heteroatoms. The van der Waals surface area contributed by atoms with E-state index in [9.17, 15) is 13.2 Å². The van der Waals surface area contributed by atoms with Gasteiger partial charge in [-0.3, -0.25) is 4.99 Å². The summed E-state index contributed by atoms with van der Waals surface area (Å²) < 4.78 is 37.5. The van der Waals surface area contributed by atoms with Gasteiger partial charge in [0.2, 0.25) is 0 Å². The molecule has 2 rings (SSSR count). The number of likely N-dealkylation sites (tertiary alicyclic amines) is 1. The number of rotatable bonds is 4. The maximum Gasteiger partial charge on any atom is 0.416 e. The zero-order valence-corrected chi connectivity index (χ0v) is 12.8. The number of hydrogen-bond acceptors (Lipinski definition) is 1. The topological polar surface area (TPSA) is 27.6 Å². The van der Waals surface area contributed by atoms with Crippen molar-refractivity contribution in [2.75, 3.05) is 26.2 Å². The monoisotopic (exact) mass is 313 g/mol. The maximum atomic E-state index is 12.5. The fraction of sp³-hybridized carbons (Fsp3) is 0.562. The third kappa shape index (κ3) is 4.64. The molecule has 1 aromatic rings. The number of hydrogen-bond donors (Lipinski definition) is 1. The van der Waals surface area contributed by atoms with Crippen LogP contribution in [0.15, 0.2) is 29.3 Å². The highest BCUT2D eigenvalue weighted by atomic mass is 19.4. The molecule has 1 heterocycles. The first kappa shape index (κ1) is 16.6. The molecular weight excluding hydrogens is 291 g/mol. The van der Waals surface area contributed by atoms with Crippen molar-refractivity contribution in [2.24, 2.45) is 4.99 Å². The highest BCUT2D eigenvalue weighted by molar-refractivity contribution is 5.80. The van der Waals surface area contributed by atoms with Crippen molar-refractivity contribution in [1.29, 1.82) is 0 Å². The standard InChI is InChI=1S/C16H22F3N3/c1-2-20-15(22-11-3-4-12-22)21-10-9-13-5-7-14(8-6-13)16(17,18)19/h5-8H,2-4,9-12H2,1H3,(H,20,21). The van der Waals surface area contributed by atoms with Crippen molar-refractivity contribution in [3.63, 3.8) is 0 Å². The molecule has 3 nitrogen and oxygen atoms in total. The van der Waals surface area contributed by atoms with Gasteiger partial charge in [0.15, 0.2) is 5.96 Å². The van der Waals surface area contributed by atoms with Crippen molar-refractivity contribution in [2.45, 2.75) is 32.4 Å². The highest BCUT2D eigenvalue weighted by Gasteiger charge is 2.29. The van der Waals surface area contributed by atoms with E-state index in [2.05, 4.69) is 15.2 Å². The predicted molar refractivity (Wildman–Crippen MR) is 81.9 cm³/mol. The third-order valence-electron chi connectivity index (χ3n) is 3.68. The molecule has 1 aliphatic heterocycles. The second-order valence-corrected chi connectivity index (χ2v) is 5.37. The number of nitrogens with zero attached hydrogens (tertiary/aromatic N) is 2. The SMILES string of the molecule is CCNC(=NCCc1ccc(C(F)(F)F)cc1)N1CCCC1. The molecular formula is C16H22F3N3. The van der Waals surface area contributed by atoms with E-state index in [0.717, 1.165) is 43.3 Å². The molecule has 1 aliphatic rings. The number of benzene rings is 1. The van der Waals surface area contributed by atoms with Crippen LogP contribution in [0.4, 0.5) is 13.2 Å². The molecule has 0 unspecified atom stereocenters. The lowest BCUT2D eigenvalue weighted by atomic mass is 10.1. The van der Waals surface area contributed by atoms with Crippen LogP contribution >= 0.6 is 0 Å². The highest BCUT2D eigenvalue weighted by Crippen LogP contribution is 2.29. The van der Waals surface area contributed by atoms with Crippen LogP contribution in [0.2, 0.25) is 0 Å². The molecule has 0 amide bonds. The average Bonchev–Trinajstić information content (AvgIpc) is 3.00. The lowest BCUT2D eigenvalue weighted by Crippen LogP contribution is -2.39. The van der Waals surface area contributed by atoms with Crippen LogP contribution in [-0.2, 0) is 12.6 Å². The largest absolute Gasteiger partial charge is 0.416 e. The summed E-state index contributed by atoms with van der Waals surface area (Å²) in [6, 6.07) is 5.32. The second kappa shape index (κ2) is 7.51. The van der Waals surface area contributed by atoms with Gasteiger partial charge in [-0.2, -0.15) is 13.2 Å². The normalized spacial score (nSPS) is 16.2. The Labute approximate surface area is 129 Å². The van der Waals surface area contributed by atoms with Crippen molar-refractivity contribution in [3.05, 3.63) is 35.4 Å². The van der Waals surface area contributed by atoms with Gasteiger partial charge in [-0.25, -0.2) is 0 Å². The van der Waals surface area contributed by atoms with Crippen molar-refractivity contribution < 1.29 is 13.2 Å². The molecule has 22 heavy (non-hydrogen) atoms. The van der Waals surface area contributed by atoms with Gasteiger partial charge in [-0.15, -0.1) is 0 Å². The number of guanidine groups is 1. The van der Waals surface area contributed by atoms with Gasteiger partial charge in [0.1, 0.15) is 0 Å². The van der Waals surface area contributed by atoms with Crippen LogP contribution in [0.3, 0.4) is 0 Å². The summed E-state index contributed by atoms with van der Waals surface area (Å²) in [6.07, 6.45) is -1.27. The molecule has 1 aromatic carbocycles. The lowest BCUT2D eigenvalue weighted by Gasteiger charge is -2.20. The van der Waals surface area contributed by atoms with E-state index in [0.29, 0.717) is 13.0 Å². The Bertz CT molecular complexity index is 488. The first-order valence-corrected chi connectivity index (χ1v) is 7.70. The van der Waals surface area contributed by atoms with Crippen LogP contribution in [0, 0.1) is 0 Å². The van der Waals surface area contributed by atoms with Crippen LogP contribution in [0.1, 0.15) is 30.9 Å². The summed E-state index contributed by atoms with van der Waals surface area (Å²) in [7, 11) is 0. The Morgan fingerprint density at radius 1 is 1.18 bits per heavy atom. The fourth-order valence-electron chi connectivity index (χ4n) is 2.51. The van der Waals surface area contributed by atoms with E-state index in [1.165, 1.54) is 25.0 Å². The first-order valence-electron chi connectivity index (χ1n) is 7.70. The number of halogens is 3. The maximum absolute atomic E-state index is 12.5. The minimum atomic E-state index is -4.27. The Morgan fingerprint density at radius 2 is 1.82 bits per heavy atom. The molecule has 0 saturated carbocycles. The fourth-order valence-corrected chi connectivity index (χ4v) is 2.51. The molecule has 122 valence electrons. The molecule has 0 spiro atoms. The molecule has 1 saturated heterocycles. The van der Waals surface area contributed by atoms with Crippen molar-refractivity contribution in [3.8, 4) is 0 Å². The average molecular weight is 313 g/mol. The van der Waals surface area contributed by atoms with Gasteiger partial charge in [-0.05, 0) is 43.9 Å². The second-order valence-electron chi connectivity index (χ2n) is 5.37. The van der Waals surface area contributed by atoms with Gasteiger partial charge < -0.3 is 10.2 Å². The van der Waals surface area contributed by atoms with Crippen molar-refractivity contribution in [1.82, 2.24) is 10.2 Å². The molecule has 0 radical (unpaired) electrons. The summed E-state index contributed by atoms with van der Waals surface area (Å²) in [6.45, 7) is 5.46. The van der Waals surface area contributed by atoms with Crippen LogP contribution in [0.25, 0.3) is 0 Å². The zero-order chi connectivity index (χ0) is 16.0. The first-order chi connectivity index (χ1) is 10.5. The molecule has 1 N–H and O–H groups in total. The Hall–Kier alpha value is -1.72. The summed E-state index contributed by atoms with van der Waals surface area (Å²) in [5, 5.41) is 3.27. The zero-order valence-electron chi connectivity index (χ0n) is 12.8. The van der Waals surface area contributed by atoms with E-state index in [4.69, 9.17) is 0 Å². The van der Waals surface area contributed by atoms with E-state index in [-0.39, 0.29) is 0 Å². The quantitative estimate of drug-likeness (QED) is 0.682. The Balaban J connectivity index is 1.91. The summed E-state index contributed by atoms with van der Waals surface area (Å²) in [4.78, 5) is 6.80. The van der Waals surface area contributed by atoms with Gasteiger partial charge in [0, 0.05) is 26.2 Å². The van der Waals surface area contributed by atoms with Gasteiger partial charge in [0.25, 0.3) is 0 Å². The molecule has 0 atom stereocenters. The van der Waals surface area contributed by atoms with Crippen LogP contribution < -0.4 is 5.32 Å². The van der Waals surface area contributed by atoms with Crippen LogP contribution in [0.5, 0.6) is 0 Å². The third-order valence-corrected chi connectivity index (χ3v) is 3.68. The van der Waals surface area contributed by atoms with Crippen LogP contribution in [-0.4, -0.2) is 37.0 Å². The molecule has 1 fully saturated rings. The lowest BCUT2D eigenvalue weighted by molar-refractivity contribution is -0.137. The minimum Gasteiger partial charge on any atom is -0.357 e. The van der Waals surface area contributed by atoms with E-state index in [1.807, 2.05) is 6.92 Å². The summed E-state index contributed by atoms with van der Waals surface area (Å²) in [5.41, 5.74) is 0.263. The van der Waals surface area contributed by atoms with E-state index in [1.54, 1.807) is 0 Å². The van der Waals surface area contributed by atoms with Gasteiger partial charge >= 0.3 is 6.18 Å². The predicted octanol–water partition coefficient (Wildman–Crippen LogP) is 3.31. The van der Waals surface area contributed by atoms with Gasteiger partial charge in [0.05, 0.1) is 5.56 Å². The number of aliphatic imine (C=N–C) groups is 1. The summed E-state index contributed by atoms with van der Waals surface area (Å²) in [5.74, 6) is 0.909. The van der Waals surface area contributed by atoms with Crippen molar-refractivity contribution >= 4 is 5.96 Å². The molecule has 0 aromatic heterocycles. The smallest absolute Gasteiger partial charge is 0.357 e. The summed E-state index contributed by atoms with van der Waals surface area (Å²) >= 11 is 0. The molecule has 0 aliphatic carbocycles. The molecule has 0 bridgehead atoms. The number of nitrogens with one attached hydrogen (secondary N) is 1. The number of alkyl halides is 3. The Kier molecular flexibility index (Phi) is 5.69. The van der Waals surface area contributed by atoms with E-state index >= 15 is 0 Å². The minimum absolute atomic E-state index is 0.574. The van der Waals surface area contributed by atoms with E-state index < -0.39 is 11.7 Å².